The van der Waals surface area contributed by atoms with Crippen LogP contribution < -0.4 is 5.32 Å². The Hall–Kier alpha value is -2.85. The summed E-state index contributed by atoms with van der Waals surface area (Å²) in [5, 5.41) is 5.66. The van der Waals surface area contributed by atoms with Gasteiger partial charge in [-0.15, -0.1) is 0 Å². The van der Waals surface area contributed by atoms with E-state index in [0.717, 1.165) is 29.2 Å². The monoisotopic (exact) mass is 406 g/mol. The fourth-order valence-electron chi connectivity index (χ4n) is 3.94. The largest absolute Gasteiger partial charge is 0.342 e. The van der Waals surface area contributed by atoms with Gasteiger partial charge in [0.25, 0.3) is 0 Å². The highest BCUT2D eigenvalue weighted by molar-refractivity contribution is 6.33. The molecule has 1 aliphatic rings. The van der Waals surface area contributed by atoms with E-state index in [0.29, 0.717) is 30.2 Å². The molecule has 4 rings (SSSR count). The standard InChI is InChI=1S/C24H23ClN2O2/c25-21-12-3-4-13-22(21)26-24(29)19-10-6-14-27(16-19)23(28)15-18-9-5-8-17-7-1-2-11-20(17)18/h1-5,7-9,11-13,19H,6,10,14-16H2,(H,26,29)/t19-/m0/s1. The summed E-state index contributed by atoms with van der Waals surface area (Å²) in [4.78, 5) is 27.5. The molecule has 0 spiro atoms. The number of amides is 2. The smallest absolute Gasteiger partial charge is 0.229 e. The third kappa shape index (κ3) is 4.43. The van der Waals surface area contributed by atoms with Crippen molar-refractivity contribution in [3.63, 3.8) is 0 Å². The topological polar surface area (TPSA) is 49.4 Å². The second kappa shape index (κ2) is 8.66. The predicted octanol–water partition coefficient (Wildman–Crippen LogP) is 4.91. The number of hydrogen-bond acceptors (Lipinski definition) is 2. The van der Waals surface area contributed by atoms with Crippen molar-refractivity contribution in [3.05, 3.63) is 77.3 Å². The molecule has 0 radical (unpaired) electrons. The Labute approximate surface area is 175 Å². The zero-order valence-electron chi connectivity index (χ0n) is 16.1. The SMILES string of the molecule is O=C(Nc1ccccc1Cl)[C@H]1CCCN(C(=O)Cc2cccc3ccccc23)C1. The van der Waals surface area contributed by atoms with Crippen molar-refractivity contribution in [1.29, 1.82) is 0 Å². The molecule has 0 aromatic heterocycles. The second-order valence-corrected chi connectivity index (χ2v) is 7.87. The van der Waals surface area contributed by atoms with Gasteiger partial charge in [-0.3, -0.25) is 9.59 Å². The number of anilines is 1. The maximum Gasteiger partial charge on any atom is 0.229 e. The van der Waals surface area contributed by atoms with Crippen LogP contribution in [0.25, 0.3) is 10.8 Å². The van der Waals surface area contributed by atoms with E-state index in [1.54, 1.807) is 12.1 Å². The Kier molecular flexibility index (Phi) is 5.81. The van der Waals surface area contributed by atoms with E-state index in [1.165, 1.54) is 0 Å². The van der Waals surface area contributed by atoms with E-state index in [4.69, 9.17) is 11.6 Å². The molecule has 5 heteroatoms. The molecule has 2 amide bonds. The third-order valence-electron chi connectivity index (χ3n) is 5.50. The number of rotatable bonds is 4. The van der Waals surface area contributed by atoms with E-state index >= 15 is 0 Å². The highest BCUT2D eigenvalue weighted by atomic mass is 35.5. The molecule has 1 saturated heterocycles. The van der Waals surface area contributed by atoms with Crippen LogP contribution in [0.15, 0.2) is 66.7 Å². The van der Waals surface area contributed by atoms with Crippen LogP contribution in [-0.4, -0.2) is 29.8 Å². The molecule has 1 N–H and O–H groups in total. The lowest BCUT2D eigenvalue weighted by atomic mass is 9.95. The van der Waals surface area contributed by atoms with Crippen LogP contribution in [0.1, 0.15) is 18.4 Å². The van der Waals surface area contributed by atoms with E-state index in [1.807, 2.05) is 47.4 Å². The maximum absolute atomic E-state index is 13.0. The van der Waals surface area contributed by atoms with E-state index in [-0.39, 0.29) is 17.7 Å². The number of benzene rings is 3. The highest BCUT2D eigenvalue weighted by Crippen LogP contribution is 2.25. The Bertz CT molecular complexity index is 1040. The molecule has 0 saturated carbocycles. The fourth-order valence-corrected chi connectivity index (χ4v) is 4.12. The van der Waals surface area contributed by atoms with E-state index in [2.05, 4.69) is 17.4 Å². The minimum Gasteiger partial charge on any atom is -0.342 e. The average Bonchev–Trinajstić information content (AvgIpc) is 2.75. The van der Waals surface area contributed by atoms with Gasteiger partial charge in [0.15, 0.2) is 0 Å². The van der Waals surface area contributed by atoms with Gasteiger partial charge >= 0.3 is 0 Å². The Balaban J connectivity index is 1.43. The highest BCUT2D eigenvalue weighted by Gasteiger charge is 2.28. The van der Waals surface area contributed by atoms with Crippen molar-refractivity contribution < 1.29 is 9.59 Å². The first-order valence-electron chi connectivity index (χ1n) is 9.91. The van der Waals surface area contributed by atoms with Gasteiger partial charge in [-0.2, -0.15) is 0 Å². The molecule has 1 fully saturated rings. The Morgan fingerprint density at radius 1 is 1.00 bits per heavy atom. The average molecular weight is 407 g/mol. The van der Waals surface area contributed by atoms with Crippen molar-refractivity contribution in [2.45, 2.75) is 19.3 Å². The van der Waals surface area contributed by atoms with Gasteiger partial charge in [0.05, 0.1) is 23.0 Å². The van der Waals surface area contributed by atoms with Gasteiger partial charge in [-0.1, -0.05) is 66.2 Å². The van der Waals surface area contributed by atoms with Crippen LogP contribution in [0.2, 0.25) is 5.02 Å². The number of nitrogens with zero attached hydrogens (tertiary/aromatic N) is 1. The molecular weight excluding hydrogens is 384 g/mol. The Morgan fingerprint density at radius 3 is 2.62 bits per heavy atom. The molecule has 148 valence electrons. The molecule has 0 bridgehead atoms. The summed E-state index contributed by atoms with van der Waals surface area (Å²) in [5.41, 5.74) is 1.63. The number of para-hydroxylation sites is 1. The lowest BCUT2D eigenvalue weighted by Gasteiger charge is -2.32. The summed E-state index contributed by atoms with van der Waals surface area (Å²) in [5.74, 6) is -0.242. The van der Waals surface area contributed by atoms with Crippen LogP contribution in [-0.2, 0) is 16.0 Å². The minimum absolute atomic E-state index is 0.0663. The van der Waals surface area contributed by atoms with Crippen LogP contribution >= 0.6 is 11.6 Å². The Morgan fingerprint density at radius 2 is 1.76 bits per heavy atom. The predicted molar refractivity (Wildman–Crippen MR) is 117 cm³/mol. The summed E-state index contributed by atoms with van der Waals surface area (Å²) in [6, 6.07) is 21.3. The molecule has 29 heavy (non-hydrogen) atoms. The van der Waals surface area contributed by atoms with Gasteiger partial charge in [-0.05, 0) is 41.3 Å². The molecule has 1 aliphatic heterocycles. The van der Waals surface area contributed by atoms with Crippen molar-refractivity contribution in [2.75, 3.05) is 18.4 Å². The summed E-state index contributed by atoms with van der Waals surface area (Å²) >= 11 is 6.15. The van der Waals surface area contributed by atoms with Crippen LogP contribution in [0, 0.1) is 5.92 Å². The lowest BCUT2D eigenvalue weighted by Crippen LogP contribution is -2.44. The summed E-state index contributed by atoms with van der Waals surface area (Å²) in [7, 11) is 0. The lowest BCUT2D eigenvalue weighted by molar-refractivity contribution is -0.133. The molecule has 1 heterocycles. The van der Waals surface area contributed by atoms with Crippen molar-refractivity contribution in [1.82, 2.24) is 4.90 Å². The first-order chi connectivity index (χ1) is 14.1. The van der Waals surface area contributed by atoms with Crippen molar-refractivity contribution in [2.24, 2.45) is 5.92 Å². The van der Waals surface area contributed by atoms with Crippen LogP contribution in [0.3, 0.4) is 0 Å². The number of carbonyl (C=O) groups excluding carboxylic acids is 2. The number of halogens is 1. The van der Waals surface area contributed by atoms with E-state index in [9.17, 15) is 9.59 Å². The van der Waals surface area contributed by atoms with Gasteiger partial charge in [0, 0.05) is 13.1 Å². The number of carbonyl (C=O) groups is 2. The quantitative estimate of drug-likeness (QED) is 0.669. The van der Waals surface area contributed by atoms with Gasteiger partial charge in [0.2, 0.25) is 11.8 Å². The van der Waals surface area contributed by atoms with Crippen molar-refractivity contribution >= 4 is 39.9 Å². The number of hydrogen-bond donors (Lipinski definition) is 1. The van der Waals surface area contributed by atoms with Crippen LogP contribution in [0.5, 0.6) is 0 Å². The summed E-state index contributed by atoms with van der Waals surface area (Å²) in [6.07, 6.45) is 1.94. The second-order valence-electron chi connectivity index (χ2n) is 7.46. The number of fused-ring (bicyclic) bond motifs is 1. The van der Waals surface area contributed by atoms with Crippen molar-refractivity contribution in [3.8, 4) is 0 Å². The molecule has 3 aromatic carbocycles. The molecule has 0 aliphatic carbocycles. The summed E-state index contributed by atoms with van der Waals surface area (Å²) < 4.78 is 0. The first-order valence-corrected chi connectivity index (χ1v) is 10.3. The zero-order valence-corrected chi connectivity index (χ0v) is 16.9. The number of piperidine rings is 1. The van der Waals surface area contributed by atoms with Gasteiger partial charge in [-0.25, -0.2) is 0 Å². The van der Waals surface area contributed by atoms with Gasteiger partial charge in [0.1, 0.15) is 0 Å². The van der Waals surface area contributed by atoms with E-state index < -0.39 is 0 Å². The van der Waals surface area contributed by atoms with Crippen LogP contribution in [0.4, 0.5) is 5.69 Å². The molecule has 3 aromatic rings. The molecule has 0 unspecified atom stereocenters. The zero-order chi connectivity index (χ0) is 20.2. The molecular formula is C24H23ClN2O2. The normalized spacial score (nSPS) is 16.6. The third-order valence-corrected chi connectivity index (χ3v) is 5.83. The number of nitrogens with one attached hydrogen (secondary N) is 1. The molecule has 1 atom stereocenters. The summed E-state index contributed by atoms with van der Waals surface area (Å²) in [6.45, 7) is 1.14. The number of likely N-dealkylation sites (tertiary alicyclic amines) is 1. The molecule has 4 nitrogen and oxygen atoms in total. The fraction of sp³-hybridized carbons (Fsp3) is 0.250. The minimum atomic E-state index is -0.225. The van der Waals surface area contributed by atoms with Gasteiger partial charge < -0.3 is 10.2 Å². The first kappa shape index (κ1) is 19.5. The maximum atomic E-state index is 13.0.